The van der Waals surface area contributed by atoms with Gasteiger partial charge in [-0.2, -0.15) is 0 Å². The van der Waals surface area contributed by atoms with E-state index in [9.17, 15) is 28.7 Å². The van der Waals surface area contributed by atoms with Crippen LogP contribution in [0, 0.1) is 0 Å². The van der Waals surface area contributed by atoms with E-state index in [1.165, 1.54) is 77.0 Å². The average molecular weight is 921 g/mol. The third-order valence-corrected chi connectivity index (χ3v) is 11.5. The Morgan fingerprint density at radius 2 is 1.00 bits per heavy atom. The number of hydrogen-bond acceptors (Lipinski definition) is 11. The van der Waals surface area contributed by atoms with Crippen LogP contribution < -0.4 is 0 Å². The molecule has 0 aliphatic carbocycles. The quantitative estimate of drug-likeness (QED) is 0.0148. The summed E-state index contributed by atoms with van der Waals surface area (Å²) < 4.78 is 53.6. The number of allylic oxidation sites excluding steroid dienone is 6. The van der Waals surface area contributed by atoms with Crippen molar-refractivity contribution in [1.29, 1.82) is 0 Å². The first-order valence-electron chi connectivity index (χ1n) is 23.5. The largest absolute Gasteiger partial charge is 0.472 e. The molecule has 14 nitrogen and oxygen atoms in total. The number of ether oxygens (including phenoxy) is 3. The van der Waals surface area contributed by atoms with Crippen molar-refractivity contribution in [3.8, 4) is 0 Å². The lowest BCUT2D eigenvalue weighted by molar-refractivity contribution is -0.161. The lowest BCUT2D eigenvalue weighted by atomic mass is 10.1. The Hall–Kier alpha value is -1.96. The molecule has 3 unspecified atom stereocenters. The summed E-state index contributed by atoms with van der Waals surface area (Å²) in [5.74, 6) is -1.11. The fourth-order valence-corrected chi connectivity index (χ4v) is 7.53. The minimum atomic E-state index is -4.87. The van der Waals surface area contributed by atoms with Crippen molar-refractivity contribution in [1.82, 2.24) is 0 Å². The molecular formula is C46H82O14P2. The van der Waals surface area contributed by atoms with Gasteiger partial charge in [-0.25, -0.2) is 9.13 Å². The van der Waals surface area contributed by atoms with Crippen LogP contribution in [0.4, 0.5) is 0 Å². The van der Waals surface area contributed by atoms with Crippen LogP contribution in [0.3, 0.4) is 0 Å². The van der Waals surface area contributed by atoms with Crippen molar-refractivity contribution in [3.63, 3.8) is 0 Å². The van der Waals surface area contributed by atoms with Crippen LogP contribution in [0.2, 0.25) is 0 Å². The molecule has 1 fully saturated rings. The summed E-state index contributed by atoms with van der Waals surface area (Å²) in [7, 11) is -9.71. The van der Waals surface area contributed by atoms with Gasteiger partial charge in [-0.05, 0) is 77.0 Å². The van der Waals surface area contributed by atoms with E-state index in [4.69, 9.17) is 33.0 Å². The van der Waals surface area contributed by atoms with Crippen LogP contribution in [0.25, 0.3) is 0 Å². The number of unbranched alkanes of at least 4 members (excludes halogenated alkanes) is 17. The van der Waals surface area contributed by atoms with Crippen molar-refractivity contribution < 1.29 is 66.3 Å². The lowest BCUT2D eigenvalue weighted by Gasteiger charge is -2.20. The molecule has 4 N–H and O–H groups in total. The zero-order chi connectivity index (χ0) is 45.6. The molecule has 1 aliphatic heterocycles. The zero-order valence-electron chi connectivity index (χ0n) is 37.9. The Balaban J connectivity index is 2.38. The standard InChI is InChI=1S/C46H82O14P2/c1-3-5-7-9-11-13-14-15-16-17-18-19-20-22-24-26-31-35-45(48)55-39-42(40-58-62(53,54)57-38-41(47)37-56-61(50,51)52)59-46(49)36-32-28-27-30-34-44-43(60-44)33-29-25-23-21-12-10-8-6-4-2/h12,15-16,21,25,27,29-30,41-44,47H,3-11,13-14,17-20,22-24,26,28,31-40H2,1-2H3,(H,53,54)(H2,50,51,52)/b16-15-,21-12-,29-25-,30-27-/t41-,42+,43?,44?/m0/s1. The minimum absolute atomic E-state index is 0.0458. The SMILES string of the molecule is CCCCC/C=C\C/C=C\CC1OC1C/C=C\CCCC(=O)O[C@H](COC(=O)CCCCCCCCC/C=C\CCCCCCCC)COP(=O)(O)OC[C@@H](O)COP(=O)(O)O. The highest BCUT2D eigenvalue weighted by Gasteiger charge is 2.36. The van der Waals surface area contributed by atoms with Crippen molar-refractivity contribution in [3.05, 3.63) is 48.6 Å². The third-order valence-electron chi connectivity index (χ3n) is 10.1. The van der Waals surface area contributed by atoms with Gasteiger partial charge in [0, 0.05) is 12.8 Å². The predicted molar refractivity (Wildman–Crippen MR) is 243 cm³/mol. The summed E-state index contributed by atoms with van der Waals surface area (Å²) in [5, 5.41) is 9.76. The summed E-state index contributed by atoms with van der Waals surface area (Å²) in [5.41, 5.74) is 0. The lowest BCUT2D eigenvalue weighted by Crippen LogP contribution is -2.29. The number of phosphoric ester groups is 2. The molecule has 1 saturated heterocycles. The normalized spacial score (nSPS) is 17.6. The average Bonchev–Trinajstić information content (AvgIpc) is 3.99. The summed E-state index contributed by atoms with van der Waals surface area (Å²) in [6.07, 6.45) is 41.2. The van der Waals surface area contributed by atoms with Crippen LogP contribution in [-0.4, -0.2) is 82.6 Å². The predicted octanol–water partition coefficient (Wildman–Crippen LogP) is 11.2. The van der Waals surface area contributed by atoms with Crippen LogP contribution >= 0.6 is 15.6 Å². The van der Waals surface area contributed by atoms with Gasteiger partial charge < -0.3 is 34.0 Å². The summed E-state index contributed by atoms with van der Waals surface area (Å²) >= 11 is 0. The fourth-order valence-electron chi connectivity index (χ4n) is 6.38. The number of phosphoric acid groups is 2. The molecule has 0 radical (unpaired) electrons. The molecule has 0 amide bonds. The van der Waals surface area contributed by atoms with Gasteiger partial charge in [0.25, 0.3) is 0 Å². The summed E-state index contributed by atoms with van der Waals surface area (Å²) in [6, 6.07) is 0. The van der Waals surface area contributed by atoms with Crippen molar-refractivity contribution in [2.45, 2.75) is 205 Å². The number of carbonyl (C=O) groups is 2. The molecule has 0 aromatic heterocycles. The van der Waals surface area contributed by atoms with Gasteiger partial charge in [-0.1, -0.05) is 140 Å². The van der Waals surface area contributed by atoms with Gasteiger partial charge in [0.2, 0.25) is 0 Å². The van der Waals surface area contributed by atoms with Gasteiger partial charge in [0.05, 0.1) is 32.0 Å². The van der Waals surface area contributed by atoms with Crippen LogP contribution in [0.5, 0.6) is 0 Å². The van der Waals surface area contributed by atoms with Crippen molar-refractivity contribution >= 4 is 27.6 Å². The van der Waals surface area contributed by atoms with Crippen LogP contribution in [0.15, 0.2) is 48.6 Å². The summed E-state index contributed by atoms with van der Waals surface area (Å²) in [6.45, 7) is 1.66. The molecule has 0 saturated carbocycles. The van der Waals surface area contributed by atoms with Gasteiger partial charge in [-0.3, -0.25) is 23.2 Å². The van der Waals surface area contributed by atoms with E-state index in [0.29, 0.717) is 19.3 Å². The third kappa shape index (κ3) is 38.5. The number of aliphatic hydroxyl groups is 1. The molecule has 1 rings (SSSR count). The highest BCUT2D eigenvalue weighted by atomic mass is 31.2. The highest BCUT2D eigenvalue weighted by molar-refractivity contribution is 7.47. The maximum Gasteiger partial charge on any atom is 0.472 e. The molecule has 360 valence electrons. The molecule has 0 bridgehead atoms. The Labute approximate surface area is 373 Å². The van der Waals surface area contributed by atoms with Gasteiger partial charge in [-0.15, -0.1) is 0 Å². The molecule has 0 spiro atoms. The zero-order valence-corrected chi connectivity index (χ0v) is 39.7. The number of epoxide rings is 1. The van der Waals surface area contributed by atoms with E-state index in [1.807, 2.05) is 12.2 Å². The molecule has 5 atom stereocenters. The van der Waals surface area contributed by atoms with Crippen LogP contribution in [-0.2, 0) is 46.5 Å². The van der Waals surface area contributed by atoms with Crippen LogP contribution in [0.1, 0.15) is 181 Å². The second-order valence-corrected chi connectivity index (χ2v) is 18.8. The Morgan fingerprint density at radius 3 is 1.63 bits per heavy atom. The summed E-state index contributed by atoms with van der Waals surface area (Å²) in [4.78, 5) is 52.8. The van der Waals surface area contributed by atoms with E-state index < -0.39 is 66.2 Å². The first-order chi connectivity index (χ1) is 29.8. The van der Waals surface area contributed by atoms with Gasteiger partial charge >= 0.3 is 27.6 Å². The number of rotatable bonds is 43. The molecule has 16 heteroatoms. The van der Waals surface area contributed by atoms with E-state index in [1.54, 1.807) is 0 Å². The Kier molecular flexibility index (Phi) is 35.9. The molecule has 1 aliphatic rings. The van der Waals surface area contributed by atoms with Gasteiger partial charge in [0.1, 0.15) is 12.7 Å². The topological polar surface area (TPSA) is 208 Å². The molecule has 1 heterocycles. The van der Waals surface area contributed by atoms with E-state index in [-0.39, 0.29) is 25.0 Å². The second-order valence-electron chi connectivity index (χ2n) is 16.1. The monoisotopic (exact) mass is 921 g/mol. The molecule has 0 aromatic carbocycles. The smallest absolute Gasteiger partial charge is 0.462 e. The molecule has 0 aromatic rings. The van der Waals surface area contributed by atoms with Crippen molar-refractivity contribution in [2.75, 3.05) is 26.4 Å². The first-order valence-corrected chi connectivity index (χ1v) is 26.5. The number of hydrogen-bond donors (Lipinski definition) is 4. The maximum absolute atomic E-state index is 12.7. The number of esters is 2. The minimum Gasteiger partial charge on any atom is -0.462 e. The number of aliphatic hydroxyl groups excluding tert-OH is 1. The first kappa shape index (κ1) is 58.1. The second kappa shape index (κ2) is 38.3. The Bertz CT molecular complexity index is 1350. The van der Waals surface area contributed by atoms with E-state index in [2.05, 4.69) is 54.8 Å². The number of carbonyl (C=O) groups excluding carboxylic acids is 2. The Morgan fingerprint density at radius 1 is 0.548 bits per heavy atom. The fraction of sp³-hybridized carbons (Fsp3) is 0.783. The highest BCUT2D eigenvalue weighted by Crippen LogP contribution is 2.44. The maximum atomic E-state index is 12.7. The van der Waals surface area contributed by atoms with Crippen molar-refractivity contribution in [2.24, 2.45) is 0 Å². The van der Waals surface area contributed by atoms with Gasteiger partial charge in [0.15, 0.2) is 6.10 Å². The molecule has 62 heavy (non-hydrogen) atoms. The van der Waals surface area contributed by atoms with E-state index in [0.717, 1.165) is 57.8 Å². The van der Waals surface area contributed by atoms with E-state index >= 15 is 0 Å². The molecular weight excluding hydrogens is 838 g/mol.